The van der Waals surface area contributed by atoms with E-state index in [0.29, 0.717) is 17.8 Å². The number of hydrogen-bond acceptors (Lipinski definition) is 2. The van der Waals surface area contributed by atoms with Gasteiger partial charge in [-0.3, -0.25) is 4.79 Å². The Hall–Kier alpha value is -1.81. The fourth-order valence-corrected chi connectivity index (χ4v) is 2.32. The molecular formula is C15H15BrN2O. The fraction of sp³-hybridized carbons (Fsp3) is 0.133. The van der Waals surface area contributed by atoms with Gasteiger partial charge in [0.2, 0.25) is 0 Å². The molecule has 0 atom stereocenters. The van der Waals surface area contributed by atoms with Gasteiger partial charge in [-0.1, -0.05) is 34.1 Å². The molecule has 2 aromatic carbocycles. The van der Waals surface area contributed by atoms with Crippen LogP contribution >= 0.6 is 15.9 Å². The standard InChI is InChI=1S/C15H15BrN2O/c1-10-8-12(16)6-7-13(10)15(19)18-9-11-4-2-3-5-14(11)17/h2-8H,9,17H2,1H3,(H,18,19). The maximum Gasteiger partial charge on any atom is 0.251 e. The molecule has 0 saturated heterocycles. The minimum absolute atomic E-state index is 0.0896. The van der Waals surface area contributed by atoms with Crippen LogP contribution in [0.4, 0.5) is 5.69 Å². The number of para-hydroxylation sites is 1. The molecule has 0 saturated carbocycles. The van der Waals surface area contributed by atoms with E-state index in [1.54, 1.807) is 0 Å². The van der Waals surface area contributed by atoms with Crippen LogP contribution in [0.5, 0.6) is 0 Å². The van der Waals surface area contributed by atoms with E-state index in [1.807, 2.05) is 49.4 Å². The molecule has 0 heterocycles. The van der Waals surface area contributed by atoms with Crippen LogP contribution in [0, 0.1) is 6.92 Å². The second-order valence-corrected chi connectivity index (χ2v) is 5.26. The van der Waals surface area contributed by atoms with E-state index < -0.39 is 0 Å². The third-order valence-electron chi connectivity index (χ3n) is 2.93. The molecule has 0 aliphatic heterocycles. The van der Waals surface area contributed by atoms with Crippen molar-refractivity contribution in [3.05, 3.63) is 63.6 Å². The molecule has 2 rings (SSSR count). The third kappa shape index (κ3) is 3.35. The summed E-state index contributed by atoms with van der Waals surface area (Å²) in [7, 11) is 0. The maximum atomic E-state index is 12.1. The monoisotopic (exact) mass is 318 g/mol. The molecule has 2 aromatic rings. The molecule has 0 spiro atoms. The molecule has 0 unspecified atom stereocenters. The Morgan fingerprint density at radius 1 is 1.26 bits per heavy atom. The first-order chi connectivity index (χ1) is 9.08. The molecule has 0 fully saturated rings. The van der Waals surface area contributed by atoms with Gasteiger partial charge in [0.25, 0.3) is 5.91 Å². The van der Waals surface area contributed by atoms with Crippen LogP contribution < -0.4 is 11.1 Å². The Kier molecular flexibility index (Phi) is 4.22. The predicted molar refractivity (Wildman–Crippen MR) is 80.9 cm³/mol. The largest absolute Gasteiger partial charge is 0.398 e. The van der Waals surface area contributed by atoms with Crippen LogP contribution in [0.2, 0.25) is 0 Å². The minimum Gasteiger partial charge on any atom is -0.398 e. The van der Waals surface area contributed by atoms with Gasteiger partial charge in [-0.05, 0) is 42.3 Å². The highest BCUT2D eigenvalue weighted by atomic mass is 79.9. The molecule has 4 heteroatoms. The number of benzene rings is 2. The van der Waals surface area contributed by atoms with Crippen LogP contribution in [-0.4, -0.2) is 5.91 Å². The van der Waals surface area contributed by atoms with Crippen molar-refractivity contribution in [1.82, 2.24) is 5.32 Å². The van der Waals surface area contributed by atoms with Gasteiger partial charge in [-0.2, -0.15) is 0 Å². The van der Waals surface area contributed by atoms with E-state index in [9.17, 15) is 4.79 Å². The second-order valence-electron chi connectivity index (χ2n) is 4.34. The first-order valence-electron chi connectivity index (χ1n) is 5.95. The summed E-state index contributed by atoms with van der Waals surface area (Å²) >= 11 is 3.38. The van der Waals surface area contributed by atoms with E-state index in [-0.39, 0.29) is 5.91 Å². The Labute approximate surface area is 121 Å². The highest BCUT2D eigenvalue weighted by Crippen LogP contribution is 2.16. The first-order valence-corrected chi connectivity index (χ1v) is 6.75. The molecular weight excluding hydrogens is 304 g/mol. The summed E-state index contributed by atoms with van der Waals surface area (Å²) in [6, 6.07) is 13.1. The van der Waals surface area contributed by atoms with Gasteiger partial charge in [-0.15, -0.1) is 0 Å². The summed E-state index contributed by atoms with van der Waals surface area (Å²) in [5.41, 5.74) is 9.07. The Morgan fingerprint density at radius 2 is 2.00 bits per heavy atom. The highest BCUT2D eigenvalue weighted by molar-refractivity contribution is 9.10. The van der Waals surface area contributed by atoms with E-state index in [1.165, 1.54) is 0 Å². The van der Waals surface area contributed by atoms with Crippen molar-refractivity contribution in [2.24, 2.45) is 0 Å². The average Bonchev–Trinajstić information content (AvgIpc) is 2.37. The lowest BCUT2D eigenvalue weighted by molar-refractivity contribution is 0.0950. The van der Waals surface area contributed by atoms with Gasteiger partial charge in [0.05, 0.1) is 0 Å². The minimum atomic E-state index is -0.0896. The predicted octanol–water partition coefficient (Wildman–Crippen LogP) is 3.27. The Balaban J connectivity index is 2.08. The zero-order valence-corrected chi connectivity index (χ0v) is 12.2. The number of carbonyl (C=O) groups is 1. The van der Waals surface area contributed by atoms with Crippen molar-refractivity contribution in [3.63, 3.8) is 0 Å². The van der Waals surface area contributed by atoms with Crippen LogP contribution in [0.3, 0.4) is 0 Å². The average molecular weight is 319 g/mol. The van der Waals surface area contributed by atoms with Crippen LogP contribution in [0.15, 0.2) is 46.9 Å². The molecule has 0 aliphatic rings. The maximum absolute atomic E-state index is 12.1. The van der Waals surface area contributed by atoms with Crippen molar-refractivity contribution >= 4 is 27.5 Å². The number of halogens is 1. The first kappa shape index (κ1) is 13.6. The zero-order chi connectivity index (χ0) is 13.8. The molecule has 0 bridgehead atoms. The van der Waals surface area contributed by atoms with E-state index in [0.717, 1.165) is 15.6 Å². The topological polar surface area (TPSA) is 55.1 Å². The van der Waals surface area contributed by atoms with Gasteiger partial charge in [-0.25, -0.2) is 0 Å². The number of aryl methyl sites for hydroxylation is 1. The number of nitrogen functional groups attached to an aromatic ring is 1. The van der Waals surface area contributed by atoms with Crippen molar-refractivity contribution in [2.75, 3.05) is 5.73 Å². The SMILES string of the molecule is Cc1cc(Br)ccc1C(=O)NCc1ccccc1N. The van der Waals surface area contributed by atoms with Gasteiger partial charge >= 0.3 is 0 Å². The van der Waals surface area contributed by atoms with Gasteiger partial charge in [0, 0.05) is 22.3 Å². The molecule has 19 heavy (non-hydrogen) atoms. The normalized spacial score (nSPS) is 10.2. The zero-order valence-electron chi connectivity index (χ0n) is 10.6. The molecule has 0 aliphatic carbocycles. The fourth-order valence-electron chi connectivity index (χ4n) is 1.85. The van der Waals surface area contributed by atoms with Crippen molar-refractivity contribution in [2.45, 2.75) is 13.5 Å². The van der Waals surface area contributed by atoms with E-state index in [4.69, 9.17) is 5.73 Å². The lowest BCUT2D eigenvalue weighted by Crippen LogP contribution is -2.24. The lowest BCUT2D eigenvalue weighted by atomic mass is 10.1. The number of anilines is 1. The Morgan fingerprint density at radius 3 is 2.68 bits per heavy atom. The Bertz CT molecular complexity index is 611. The molecule has 3 N–H and O–H groups in total. The second kappa shape index (κ2) is 5.89. The van der Waals surface area contributed by atoms with E-state index in [2.05, 4.69) is 21.2 Å². The van der Waals surface area contributed by atoms with Gasteiger partial charge < -0.3 is 11.1 Å². The van der Waals surface area contributed by atoms with Crippen LogP contribution in [0.1, 0.15) is 21.5 Å². The summed E-state index contributed by atoms with van der Waals surface area (Å²) in [5, 5.41) is 2.88. The summed E-state index contributed by atoms with van der Waals surface area (Å²) in [4.78, 5) is 12.1. The number of amides is 1. The molecule has 98 valence electrons. The molecule has 3 nitrogen and oxygen atoms in total. The third-order valence-corrected chi connectivity index (χ3v) is 3.42. The number of nitrogens with one attached hydrogen (secondary N) is 1. The van der Waals surface area contributed by atoms with Crippen molar-refractivity contribution in [1.29, 1.82) is 0 Å². The summed E-state index contributed by atoms with van der Waals surface area (Å²) in [6.45, 7) is 2.34. The van der Waals surface area contributed by atoms with Crippen LogP contribution in [-0.2, 0) is 6.54 Å². The summed E-state index contributed by atoms with van der Waals surface area (Å²) < 4.78 is 0.967. The number of nitrogens with two attached hydrogens (primary N) is 1. The van der Waals surface area contributed by atoms with Crippen LogP contribution in [0.25, 0.3) is 0 Å². The quantitative estimate of drug-likeness (QED) is 0.853. The number of rotatable bonds is 3. The van der Waals surface area contributed by atoms with Crippen molar-refractivity contribution < 1.29 is 4.79 Å². The lowest BCUT2D eigenvalue weighted by Gasteiger charge is -2.09. The van der Waals surface area contributed by atoms with Crippen molar-refractivity contribution in [3.8, 4) is 0 Å². The van der Waals surface area contributed by atoms with E-state index >= 15 is 0 Å². The smallest absolute Gasteiger partial charge is 0.251 e. The number of hydrogen-bond donors (Lipinski definition) is 2. The van der Waals surface area contributed by atoms with Gasteiger partial charge in [0.1, 0.15) is 0 Å². The summed E-state index contributed by atoms with van der Waals surface area (Å²) in [6.07, 6.45) is 0. The molecule has 0 radical (unpaired) electrons. The highest BCUT2D eigenvalue weighted by Gasteiger charge is 2.09. The summed E-state index contributed by atoms with van der Waals surface area (Å²) in [5.74, 6) is -0.0896. The molecule has 0 aromatic heterocycles. The van der Waals surface area contributed by atoms with Gasteiger partial charge in [0.15, 0.2) is 0 Å². The molecule has 1 amide bonds. The number of carbonyl (C=O) groups excluding carboxylic acids is 1.